The van der Waals surface area contributed by atoms with E-state index in [9.17, 15) is 9.18 Å². The van der Waals surface area contributed by atoms with Crippen molar-refractivity contribution < 1.29 is 18.7 Å². The molecule has 7 heteroatoms. The Morgan fingerprint density at radius 3 is 2.96 bits per heavy atom. The SMILES string of the molecule is C[C@H]1OCCN[C@@H]1C(=O)N1CCOC(c2ccc(F)c(Cl)c2)C1. The van der Waals surface area contributed by atoms with Crippen LogP contribution in [0.25, 0.3) is 0 Å². The zero-order valence-corrected chi connectivity index (χ0v) is 13.7. The van der Waals surface area contributed by atoms with Crippen LogP contribution in [0.5, 0.6) is 0 Å². The van der Waals surface area contributed by atoms with Crippen LogP contribution in [-0.2, 0) is 14.3 Å². The average Bonchev–Trinajstić information content (AvgIpc) is 2.57. The summed E-state index contributed by atoms with van der Waals surface area (Å²) in [5.74, 6) is -0.449. The van der Waals surface area contributed by atoms with Crippen molar-refractivity contribution in [2.24, 2.45) is 0 Å². The molecule has 23 heavy (non-hydrogen) atoms. The number of benzene rings is 1. The van der Waals surface area contributed by atoms with E-state index in [-0.39, 0.29) is 29.2 Å². The lowest BCUT2D eigenvalue weighted by Gasteiger charge is -2.38. The molecule has 2 saturated heterocycles. The zero-order valence-electron chi connectivity index (χ0n) is 12.9. The number of ether oxygens (including phenoxy) is 2. The lowest BCUT2D eigenvalue weighted by Crippen LogP contribution is -2.58. The Morgan fingerprint density at radius 2 is 2.22 bits per heavy atom. The van der Waals surface area contributed by atoms with Crippen LogP contribution in [0.4, 0.5) is 4.39 Å². The molecule has 3 atom stereocenters. The quantitative estimate of drug-likeness (QED) is 0.889. The van der Waals surface area contributed by atoms with E-state index in [0.717, 1.165) is 5.56 Å². The largest absolute Gasteiger partial charge is 0.375 e. The van der Waals surface area contributed by atoms with Crippen molar-refractivity contribution >= 4 is 17.5 Å². The fourth-order valence-electron chi connectivity index (χ4n) is 2.97. The third-order valence-electron chi connectivity index (χ3n) is 4.28. The van der Waals surface area contributed by atoms with Crippen molar-refractivity contribution in [3.63, 3.8) is 0 Å². The van der Waals surface area contributed by atoms with Crippen molar-refractivity contribution in [2.75, 3.05) is 32.8 Å². The molecular formula is C16H20ClFN2O3. The first-order valence-electron chi connectivity index (χ1n) is 7.76. The normalized spacial score (nSPS) is 28.7. The van der Waals surface area contributed by atoms with Crippen molar-refractivity contribution in [1.29, 1.82) is 0 Å². The molecule has 2 fully saturated rings. The van der Waals surface area contributed by atoms with E-state index in [4.69, 9.17) is 21.1 Å². The second kappa shape index (κ2) is 7.13. The molecule has 1 N–H and O–H groups in total. The maximum Gasteiger partial charge on any atom is 0.242 e. The Kier molecular flexibility index (Phi) is 5.16. The second-order valence-corrected chi connectivity index (χ2v) is 6.23. The highest BCUT2D eigenvalue weighted by Crippen LogP contribution is 2.26. The van der Waals surface area contributed by atoms with Gasteiger partial charge >= 0.3 is 0 Å². The minimum absolute atomic E-state index is 0.0127. The first-order chi connectivity index (χ1) is 11.1. The van der Waals surface area contributed by atoms with Gasteiger partial charge in [-0.3, -0.25) is 4.79 Å². The van der Waals surface area contributed by atoms with Crippen LogP contribution >= 0.6 is 11.6 Å². The molecule has 2 aliphatic heterocycles. The molecule has 126 valence electrons. The molecule has 1 amide bonds. The lowest BCUT2D eigenvalue weighted by atomic mass is 10.1. The molecule has 1 unspecified atom stereocenters. The van der Waals surface area contributed by atoms with Gasteiger partial charge in [0, 0.05) is 13.1 Å². The van der Waals surface area contributed by atoms with Crippen LogP contribution < -0.4 is 5.32 Å². The van der Waals surface area contributed by atoms with Gasteiger partial charge in [-0.15, -0.1) is 0 Å². The number of halogens is 2. The summed E-state index contributed by atoms with van der Waals surface area (Å²) in [6, 6.07) is 4.18. The zero-order chi connectivity index (χ0) is 16.4. The van der Waals surface area contributed by atoms with Crippen molar-refractivity contribution in [2.45, 2.75) is 25.2 Å². The topological polar surface area (TPSA) is 50.8 Å². The minimum Gasteiger partial charge on any atom is -0.375 e. The molecule has 3 rings (SSSR count). The molecule has 1 aromatic rings. The molecule has 1 aromatic carbocycles. The highest BCUT2D eigenvalue weighted by atomic mass is 35.5. The molecule has 5 nitrogen and oxygen atoms in total. The van der Waals surface area contributed by atoms with Crippen molar-refractivity contribution in [3.8, 4) is 0 Å². The van der Waals surface area contributed by atoms with Crippen molar-refractivity contribution in [1.82, 2.24) is 10.2 Å². The predicted octanol–water partition coefficient (Wildman–Crippen LogP) is 1.76. The molecule has 2 heterocycles. The van der Waals surface area contributed by atoms with E-state index in [1.54, 1.807) is 17.0 Å². The summed E-state index contributed by atoms with van der Waals surface area (Å²) in [5, 5.41) is 3.27. The monoisotopic (exact) mass is 342 g/mol. The summed E-state index contributed by atoms with van der Waals surface area (Å²) in [6.07, 6.45) is -0.455. The molecular weight excluding hydrogens is 323 g/mol. The van der Waals surface area contributed by atoms with Gasteiger partial charge in [-0.2, -0.15) is 0 Å². The molecule has 2 aliphatic rings. The van der Waals surface area contributed by atoms with Gasteiger partial charge in [0.2, 0.25) is 5.91 Å². The van der Waals surface area contributed by atoms with Crippen LogP contribution in [0.15, 0.2) is 18.2 Å². The van der Waals surface area contributed by atoms with Crippen molar-refractivity contribution in [3.05, 3.63) is 34.6 Å². The van der Waals surface area contributed by atoms with Gasteiger partial charge in [-0.1, -0.05) is 17.7 Å². The van der Waals surface area contributed by atoms with Gasteiger partial charge in [0.1, 0.15) is 18.0 Å². The third kappa shape index (κ3) is 3.66. The van der Waals surface area contributed by atoms with Gasteiger partial charge in [-0.05, 0) is 24.6 Å². The average molecular weight is 343 g/mol. The summed E-state index contributed by atoms with van der Waals surface area (Å²) in [7, 11) is 0. The lowest BCUT2D eigenvalue weighted by molar-refractivity contribution is -0.147. The molecule has 0 aliphatic carbocycles. The number of amides is 1. The van der Waals surface area contributed by atoms with E-state index >= 15 is 0 Å². The maximum atomic E-state index is 13.3. The van der Waals surface area contributed by atoms with Gasteiger partial charge in [0.15, 0.2) is 0 Å². The Balaban J connectivity index is 1.70. The highest BCUT2D eigenvalue weighted by molar-refractivity contribution is 6.30. The van der Waals surface area contributed by atoms with Crippen LogP contribution in [0.1, 0.15) is 18.6 Å². The summed E-state index contributed by atoms with van der Waals surface area (Å²) in [4.78, 5) is 14.5. The first-order valence-corrected chi connectivity index (χ1v) is 8.14. The van der Waals surface area contributed by atoms with Gasteiger partial charge in [0.25, 0.3) is 0 Å². The van der Waals surface area contributed by atoms with Crippen LogP contribution in [-0.4, -0.2) is 55.8 Å². The summed E-state index contributed by atoms with van der Waals surface area (Å²) in [5.41, 5.74) is 0.773. The van der Waals surface area contributed by atoms with Gasteiger partial charge < -0.3 is 19.7 Å². The minimum atomic E-state index is -0.462. The number of carbonyl (C=O) groups excluding carboxylic acids is 1. The highest BCUT2D eigenvalue weighted by Gasteiger charge is 2.34. The number of rotatable bonds is 2. The molecule has 0 radical (unpaired) electrons. The Bertz CT molecular complexity index is 586. The van der Waals surface area contributed by atoms with E-state index < -0.39 is 5.82 Å². The van der Waals surface area contributed by atoms with Crippen LogP contribution in [0.2, 0.25) is 5.02 Å². The number of hydrogen-bond donors (Lipinski definition) is 1. The van der Waals surface area contributed by atoms with E-state index in [1.807, 2.05) is 6.92 Å². The predicted molar refractivity (Wildman–Crippen MR) is 83.9 cm³/mol. The third-order valence-corrected chi connectivity index (χ3v) is 4.57. The first kappa shape index (κ1) is 16.6. The number of morpholine rings is 2. The Hall–Kier alpha value is -1.21. The van der Waals surface area contributed by atoms with E-state index in [2.05, 4.69) is 5.32 Å². The van der Waals surface area contributed by atoms with Crippen LogP contribution in [0, 0.1) is 5.82 Å². The van der Waals surface area contributed by atoms with Gasteiger partial charge in [0.05, 0.1) is 30.9 Å². The maximum absolute atomic E-state index is 13.3. The van der Waals surface area contributed by atoms with E-state index in [1.165, 1.54) is 6.07 Å². The fraction of sp³-hybridized carbons (Fsp3) is 0.562. The fourth-order valence-corrected chi connectivity index (χ4v) is 3.16. The molecule has 0 spiro atoms. The van der Waals surface area contributed by atoms with Crippen LogP contribution in [0.3, 0.4) is 0 Å². The molecule has 0 bridgehead atoms. The standard InChI is InChI=1S/C16H20ClFN2O3/c1-10-15(19-4-6-22-10)16(21)20-5-7-23-14(9-20)11-2-3-13(18)12(17)8-11/h2-3,8,10,14-15,19H,4-7,9H2,1H3/t10-,14?,15+/m1/s1. The number of nitrogens with one attached hydrogen (secondary N) is 1. The Labute approximate surface area is 139 Å². The summed E-state index contributed by atoms with van der Waals surface area (Å²) < 4.78 is 24.6. The molecule has 0 aromatic heterocycles. The number of hydrogen-bond acceptors (Lipinski definition) is 4. The molecule has 0 saturated carbocycles. The number of carbonyl (C=O) groups is 1. The Morgan fingerprint density at radius 1 is 1.39 bits per heavy atom. The summed E-state index contributed by atoms with van der Waals surface area (Å²) >= 11 is 5.84. The number of nitrogens with zero attached hydrogens (tertiary/aromatic N) is 1. The van der Waals surface area contributed by atoms with E-state index in [0.29, 0.717) is 32.8 Å². The van der Waals surface area contributed by atoms with Gasteiger partial charge in [-0.25, -0.2) is 4.39 Å². The second-order valence-electron chi connectivity index (χ2n) is 5.82. The smallest absolute Gasteiger partial charge is 0.242 e. The summed E-state index contributed by atoms with van der Waals surface area (Å²) in [6.45, 7) is 4.58.